The number of halogens is 1. The molecule has 0 saturated heterocycles. The molecule has 88 valence electrons. The monoisotopic (exact) mass is 250 g/mol. The van der Waals surface area contributed by atoms with Crippen molar-refractivity contribution < 1.29 is 9.32 Å². The van der Waals surface area contributed by atoms with Crippen molar-refractivity contribution in [2.24, 2.45) is 0 Å². The van der Waals surface area contributed by atoms with E-state index >= 15 is 0 Å². The van der Waals surface area contributed by atoms with Crippen molar-refractivity contribution in [3.63, 3.8) is 0 Å². The maximum Gasteiger partial charge on any atom is 0.252 e. The van der Waals surface area contributed by atoms with Crippen LogP contribution in [0.4, 0.5) is 0 Å². The van der Waals surface area contributed by atoms with Crippen LogP contribution in [-0.2, 0) is 0 Å². The Morgan fingerprint density at radius 2 is 1.94 bits per heavy atom. The van der Waals surface area contributed by atoms with Gasteiger partial charge in [-0.25, -0.2) is 0 Å². The number of hydrogen-bond acceptors (Lipinski definition) is 4. The Morgan fingerprint density at radius 1 is 1.29 bits per heavy atom. The number of rotatable bonds is 3. The van der Waals surface area contributed by atoms with Gasteiger partial charge in [-0.05, 0) is 23.7 Å². The summed E-state index contributed by atoms with van der Waals surface area (Å²) in [6.45, 7) is 3.96. The van der Waals surface area contributed by atoms with E-state index in [4.69, 9.17) is 16.1 Å². The van der Waals surface area contributed by atoms with Gasteiger partial charge in [-0.15, -0.1) is 0 Å². The first-order chi connectivity index (χ1) is 8.08. The quantitative estimate of drug-likeness (QED) is 0.785. The van der Waals surface area contributed by atoms with Crippen molar-refractivity contribution in [1.29, 1.82) is 0 Å². The zero-order chi connectivity index (χ0) is 12.4. The van der Waals surface area contributed by atoms with Crippen LogP contribution >= 0.6 is 11.6 Å². The summed E-state index contributed by atoms with van der Waals surface area (Å²) in [5, 5.41) is 3.40. The lowest BCUT2D eigenvalue weighted by atomic mass is 10.1. The Morgan fingerprint density at radius 3 is 2.41 bits per heavy atom. The van der Waals surface area contributed by atoms with E-state index in [1.165, 1.54) is 0 Å². The Kier molecular flexibility index (Phi) is 3.24. The summed E-state index contributed by atoms with van der Waals surface area (Å²) in [6, 6.07) is 6.75. The molecule has 0 aliphatic heterocycles. The van der Waals surface area contributed by atoms with Crippen LogP contribution in [-0.4, -0.2) is 15.4 Å². The van der Waals surface area contributed by atoms with Crippen molar-refractivity contribution in [3.05, 3.63) is 35.7 Å². The van der Waals surface area contributed by atoms with Crippen LogP contribution in [0.2, 0.25) is 0 Å². The van der Waals surface area contributed by atoms with Gasteiger partial charge in [0, 0.05) is 17.0 Å². The van der Waals surface area contributed by atoms with Crippen LogP contribution in [0.25, 0.3) is 11.4 Å². The lowest BCUT2D eigenvalue weighted by Gasteiger charge is -1.96. The SMILES string of the molecule is CC(C)c1nc(-c2ccc(C(=O)Cl)cc2)no1. The molecule has 0 N–H and O–H groups in total. The first kappa shape index (κ1) is 11.8. The third-order valence-electron chi connectivity index (χ3n) is 2.31. The average Bonchev–Trinajstić information content (AvgIpc) is 2.78. The third kappa shape index (κ3) is 2.53. The zero-order valence-corrected chi connectivity index (χ0v) is 10.2. The van der Waals surface area contributed by atoms with Crippen molar-refractivity contribution in [2.75, 3.05) is 0 Å². The molecule has 17 heavy (non-hydrogen) atoms. The molecule has 1 heterocycles. The van der Waals surface area contributed by atoms with Gasteiger partial charge in [0.1, 0.15) is 0 Å². The average molecular weight is 251 g/mol. The van der Waals surface area contributed by atoms with Crippen molar-refractivity contribution in [3.8, 4) is 11.4 Å². The standard InChI is InChI=1S/C12H11ClN2O2/c1-7(2)12-14-11(15-17-12)9-5-3-8(4-6-9)10(13)16/h3-7H,1-2H3. The molecule has 0 fully saturated rings. The lowest BCUT2D eigenvalue weighted by Crippen LogP contribution is -1.89. The van der Waals surface area contributed by atoms with Gasteiger partial charge in [0.15, 0.2) is 0 Å². The molecule has 0 aliphatic rings. The van der Waals surface area contributed by atoms with Crippen molar-refractivity contribution in [2.45, 2.75) is 19.8 Å². The van der Waals surface area contributed by atoms with E-state index in [2.05, 4.69) is 10.1 Å². The highest BCUT2D eigenvalue weighted by Crippen LogP contribution is 2.20. The van der Waals surface area contributed by atoms with Gasteiger partial charge in [0.05, 0.1) is 0 Å². The summed E-state index contributed by atoms with van der Waals surface area (Å²) in [6.07, 6.45) is 0. The van der Waals surface area contributed by atoms with Crippen molar-refractivity contribution >= 4 is 16.8 Å². The molecule has 0 aliphatic carbocycles. The Bertz CT molecular complexity index is 532. The number of nitrogens with zero attached hydrogens (tertiary/aromatic N) is 2. The first-order valence-corrected chi connectivity index (χ1v) is 5.59. The van der Waals surface area contributed by atoms with Gasteiger partial charge in [-0.2, -0.15) is 4.98 Å². The van der Waals surface area contributed by atoms with E-state index < -0.39 is 5.24 Å². The van der Waals surface area contributed by atoms with E-state index in [-0.39, 0.29) is 5.92 Å². The highest BCUT2D eigenvalue weighted by atomic mass is 35.5. The highest BCUT2D eigenvalue weighted by Gasteiger charge is 2.11. The predicted octanol–water partition coefficient (Wildman–Crippen LogP) is 3.24. The molecule has 0 radical (unpaired) electrons. The second-order valence-electron chi connectivity index (χ2n) is 3.96. The van der Waals surface area contributed by atoms with E-state index in [0.29, 0.717) is 17.3 Å². The summed E-state index contributed by atoms with van der Waals surface area (Å²) >= 11 is 5.36. The fourth-order valence-electron chi connectivity index (χ4n) is 1.34. The minimum atomic E-state index is -0.479. The van der Waals surface area contributed by atoms with Gasteiger partial charge >= 0.3 is 0 Å². The smallest absolute Gasteiger partial charge is 0.252 e. The number of carbonyl (C=O) groups excluding carboxylic acids is 1. The number of hydrogen-bond donors (Lipinski definition) is 0. The topological polar surface area (TPSA) is 56.0 Å². The lowest BCUT2D eigenvalue weighted by molar-refractivity contribution is 0.108. The molecule has 2 rings (SSSR count). The zero-order valence-electron chi connectivity index (χ0n) is 9.48. The van der Waals surface area contributed by atoms with Gasteiger partial charge < -0.3 is 4.52 Å². The van der Waals surface area contributed by atoms with Crippen LogP contribution < -0.4 is 0 Å². The van der Waals surface area contributed by atoms with Gasteiger partial charge in [-0.1, -0.05) is 31.1 Å². The normalized spacial score (nSPS) is 10.8. The van der Waals surface area contributed by atoms with Gasteiger partial charge in [-0.3, -0.25) is 4.79 Å². The van der Waals surface area contributed by atoms with E-state index in [0.717, 1.165) is 5.56 Å². The van der Waals surface area contributed by atoms with Gasteiger partial charge in [0.25, 0.3) is 5.24 Å². The summed E-state index contributed by atoms with van der Waals surface area (Å²) in [7, 11) is 0. The Labute approximate surface area is 104 Å². The van der Waals surface area contributed by atoms with Crippen LogP contribution in [0.5, 0.6) is 0 Å². The predicted molar refractivity (Wildman–Crippen MR) is 64.0 cm³/mol. The molecule has 0 saturated carbocycles. The molecule has 0 atom stereocenters. The molecule has 2 aromatic rings. The summed E-state index contributed by atoms with van der Waals surface area (Å²) in [4.78, 5) is 15.2. The summed E-state index contributed by atoms with van der Waals surface area (Å²) in [5.74, 6) is 1.31. The van der Waals surface area contributed by atoms with Crippen LogP contribution in [0, 0.1) is 0 Å². The second-order valence-corrected chi connectivity index (χ2v) is 4.31. The second kappa shape index (κ2) is 4.67. The Balaban J connectivity index is 2.30. The molecule has 0 amide bonds. The minimum absolute atomic E-state index is 0.194. The highest BCUT2D eigenvalue weighted by molar-refractivity contribution is 6.67. The molecular weight excluding hydrogens is 240 g/mol. The molecule has 0 spiro atoms. The molecular formula is C12H11ClN2O2. The van der Waals surface area contributed by atoms with Gasteiger partial charge in [0.2, 0.25) is 11.7 Å². The summed E-state index contributed by atoms with van der Waals surface area (Å²) in [5.41, 5.74) is 1.24. The van der Waals surface area contributed by atoms with E-state index in [1.54, 1.807) is 24.3 Å². The summed E-state index contributed by atoms with van der Waals surface area (Å²) < 4.78 is 5.10. The molecule has 4 nitrogen and oxygen atoms in total. The van der Waals surface area contributed by atoms with Crippen LogP contribution in [0.1, 0.15) is 36.0 Å². The largest absolute Gasteiger partial charge is 0.339 e. The third-order valence-corrected chi connectivity index (χ3v) is 2.52. The Hall–Kier alpha value is -1.68. The maximum absolute atomic E-state index is 10.9. The van der Waals surface area contributed by atoms with Crippen molar-refractivity contribution in [1.82, 2.24) is 10.1 Å². The van der Waals surface area contributed by atoms with E-state index in [1.807, 2.05) is 13.8 Å². The fraction of sp³-hybridized carbons (Fsp3) is 0.250. The van der Waals surface area contributed by atoms with Crippen LogP contribution in [0.3, 0.4) is 0 Å². The number of aromatic nitrogens is 2. The number of benzene rings is 1. The molecule has 0 unspecified atom stereocenters. The number of carbonyl (C=O) groups is 1. The molecule has 5 heteroatoms. The molecule has 1 aromatic heterocycles. The maximum atomic E-state index is 10.9. The molecule has 1 aromatic carbocycles. The van der Waals surface area contributed by atoms with Crippen LogP contribution in [0.15, 0.2) is 28.8 Å². The minimum Gasteiger partial charge on any atom is -0.339 e. The van der Waals surface area contributed by atoms with E-state index in [9.17, 15) is 4.79 Å². The molecule has 0 bridgehead atoms. The fourth-order valence-corrected chi connectivity index (χ4v) is 1.46. The first-order valence-electron chi connectivity index (χ1n) is 5.22.